The molecule has 0 bridgehead atoms. The van der Waals surface area contributed by atoms with E-state index in [0.717, 1.165) is 25.7 Å². The minimum atomic E-state index is -0.511. The molecule has 0 aliphatic heterocycles. The molecule has 0 radical (unpaired) electrons. The number of nitrogens with two attached hydrogens (primary N) is 1. The number of carbonyl (C=O) groups is 2. The van der Waals surface area contributed by atoms with Gasteiger partial charge in [0.05, 0.1) is 5.41 Å². The van der Waals surface area contributed by atoms with Crippen molar-refractivity contribution in [3.05, 3.63) is 0 Å². The van der Waals surface area contributed by atoms with Gasteiger partial charge in [-0.2, -0.15) is 0 Å². The first kappa shape index (κ1) is 18.0. The van der Waals surface area contributed by atoms with Gasteiger partial charge in [0.1, 0.15) is 6.04 Å². The monoisotopic (exact) mass is 297 g/mol. The van der Waals surface area contributed by atoms with Crippen molar-refractivity contribution in [3.8, 4) is 0 Å². The fourth-order valence-corrected chi connectivity index (χ4v) is 2.80. The molecule has 1 rings (SSSR count). The molecule has 0 heterocycles. The van der Waals surface area contributed by atoms with Gasteiger partial charge in [-0.15, -0.1) is 0 Å². The lowest BCUT2D eigenvalue weighted by Gasteiger charge is -2.31. The second-order valence-corrected chi connectivity index (χ2v) is 6.73. The van der Waals surface area contributed by atoms with Gasteiger partial charge in [-0.25, -0.2) is 0 Å². The Hall–Kier alpha value is -1.10. The molecule has 2 amide bonds. The third-order valence-electron chi connectivity index (χ3n) is 4.36. The van der Waals surface area contributed by atoms with Crippen LogP contribution in [0.5, 0.6) is 0 Å². The molecule has 5 heteroatoms. The van der Waals surface area contributed by atoms with Crippen LogP contribution in [0, 0.1) is 11.3 Å². The Bertz CT molecular complexity index is 347. The highest BCUT2D eigenvalue weighted by molar-refractivity contribution is 5.90. The molecule has 122 valence electrons. The lowest BCUT2D eigenvalue weighted by Crippen LogP contribution is -2.52. The van der Waals surface area contributed by atoms with Crippen molar-refractivity contribution in [3.63, 3.8) is 0 Å². The van der Waals surface area contributed by atoms with E-state index in [4.69, 9.17) is 5.73 Å². The smallest absolute Gasteiger partial charge is 0.242 e. The van der Waals surface area contributed by atoms with Gasteiger partial charge >= 0.3 is 0 Å². The molecular weight excluding hydrogens is 266 g/mol. The van der Waals surface area contributed by atoms with Crippen LogP contribution in [0.2, 0.25) is 0 Å². The van der Waals surface area contributed by atoms with Gasteiger partial charge < -0.3 is 16.4 Å². The predicted octanol–water partition coefficient (Wildman–Crippen LogP) is 1.56. The third-order valence-corrected chi connectivity index (χ3v) is 4.36. The van der Waals surface area contributed by atoms with Crippen LogP contribution in [-0.2, 0) is 9.59 Å². The summed E-state index contributed by atoms with van der Waals surface area (Å²) >= 11 is 0. The zero-order valence-corrected chi connectivity index (χ0v) is 13.7. The maximum Gasteiger partial charge on any atom is 0.242 e. The van der Waals surface area contributed by atoms with E-state index < -0.39 is 11.5 Å². The molecule has 1 aliphatic rings. The summed E-state index contributed by atoms with van der Waals surface area (Å²) in [5, 5.41) is 5.71. The van der Waals surface area contributed by atoms with Crippen LogP contribution in [0.3, 0.4) is 0 Å². The summed E-state index contributed by atoms with van der Waals surface area (Å²) in [5.74, 6) is 0.214. The van der Waals surface area contributed by atoms with E-state index in [9.17, 15) is 9.59 Å². The summed E-state index contributed by atoms with van der Waals surface area (Å²) < 4.78 is 0. The van der Waals surface area contributed by atoms with Crippen molar-refractivity contribution in [1.82, 2.24) is 10.6 Å². The van der Waals surface area contributed by atoms with Crippen LogP contribution in [0.1, 0.15) is 59.3 Å². The standard InChI is InChI=1S/C16H31N3O2/c1-12(2)10-18-14(20)13(3)19-15(21)16(11-17)8-6-4-5-7-9-16/h12-13H,4-11,17H2,1-3H3,(H,18,20)(H,19,21). The first-order chi connectivity index (χ1) is 9.91. The van der Waals surface area contributed by atoms with E-state index in [1.54, 1.807) is 6.92 Å². The van der Waals surface area contributed by atoms with Gasteiger partial charge in [0.2, 0.25) is 11.8 Å². The Morgan fingerprint density at radius 1 is 1.10 bits per heavy atom. The van der Waals surface area contributed by atoms with Crippen molar-refractivity contribution in [1.29, 1.82) is 0 Å². The first-order valence-corrected chi connectivity index (χ1v) is 8.20. The minimum absolute atomic E-state index is 0.0564. The zero-order chi connectivity index (χ0) is 15.9. The molecule has 1 fully saturated rings. The van der Waals surface area contributed by atoms with Gasteiger partial charge in [0, 0.05) is 13.1 Å². The molecule has 0 spiro atoms. The van der Waals surface area contributed by atoms with Gasteiger partial charge in [-0.05, 0) is 25.7 Å². The SMILES string of the molecule is CC(C)CNC(=O)C(C)NC(=O)C1(CN)CCCCCC1. The number of hydrogen-bond donors (Lipinski definition) is 3. The average molecular weight is 297 g/mol. The summed E-state index contributed by atoms with van der Waals surface area (Å²) in [6.45, 7) is 6.80. The Balaban J connectivity index is 2.58. The largest absolute Gasteiger partial charge is 0.354 e. The topological polar surface area (TPSA) is 84.2 Å². The number of hydrogen-bond acceptors (Lipinski definition) is 3. The van der Waals surface area contributed by atoms with Crippen LogP contribution >= 0.6 is 0 Å². The van der Waals surface area contributed by atoms with E-state index >= 15 is 0 Å². The number of nitrogens with one attached hydrogen (secondary N) is 2. The van der Waals surface area contributed by atoms with Crippen molar-refractivity contribution < 1.29 is 9.59 Å². The van der Waals surface area contributed by atoms with Crippen molar-refractivity contribution in [2.24, 2.45) is 17.1 Å². The van der Waals surface area contributed by atoms with E-state index in [0.29, 0.717) is 19.0 Å². The maximum absolute atomic E-state index is 12.6. The molecule has 0 aromatic carbocycles. The molecule has 0 aromatic rings. The molecule has 0 aromatic heterocycles. The highest BCUT2D eigenvalue weighted by atomic mass is 16.2. The molecule has 1 atom stereocenters. The first-order valence-electron chi connectivity index (χ1n) is 8.20. The van der Waals surface area contributed by atoms with E-state index in [-0.39, 0.29) is 11.8 Å². The van der Waals surface area contributed by atoms with Gasteiger partial charge in [-0.3, -0.25) is 9.59 Å². The van der Waals surface area contributed by atoms with E-state index in [1.165, 1.54) is 12.8 Å². The lowest BCUT2D eigenvalue weighted by molar-refractivity contribution is -0.135. The summed E-state index contributed by atoms with van der Waals surface area (Å²) in [5.41, 5.74) is 5.41. The Kier molecular flexibility index (Phi) is 7.15. The Morgan fingerprint density at radius 3 is 2.14 bits per heavy atom. The summed E-state index contributed by atoms with van der Waals surface area (Å²) in [6, 6.07) is -0.511. The lowest BCUT2D eigenvalue weighted by atomic mass is 9.79. The van der Waals surface area contributed by atoms with Crippen molar-refractivity contribution >= 4 is 11.8 Å². The van der Waals surface area contributed by atoms with Gasteiger partial charge in [0.15, 0.2) is 0 Å². The van der Waals surface area contributed by atoms with Crippen LogP contribution in [0.15, 0.2) is 0 Å². The molecule has 0 saturated heterocycles. The Morgan fingerprint density at radius 2 is 1.67 bits per heavy atom. The summed E-state index contributed by atoms with van der Waals surface area (Å²) in [7, 11) is 0. The second-order valence-electron chi connectivity index (χ2n) is 6.73. The van der Waals surface area contributed by atoms with Gasteiger partial charge in [0.25, 0.3) is 0 Å². The number of rotatable bonds is 6. The molecule has 1 unspecified atom stereocenters. The quantitative estimate of drug-likeness (QED) is 0.651. The number of amides is 2. The molecule has 1 aliphatic carbocycles. The fourth-order valence-electron chi connectivity index (χ4n) is 2.80. The molecule has 5 nitrogen and oxygen atoms in total. The normalized spacial score (nSPS) is 19.7. The van der Waals surface area contributed by atoms with Crippen molar-refractivity contribution in [2.75, 3.05) is 13.1 Å². The fraction of sp³-hybridized carbons (Fsp3) is 0.875. The molecule has 21 heavy (non-hydrogen) atoms. The minimum Gasteiger partial charge on any atom is -0.354 e. The van der Waals surface area contributed by atoms with Crippen LogP contribution in [-0.4, -0.2) is 30.9 Å². The predicted molar refractivity (Wildman–Crippen MR) is 84.6 cm³/mol. The summed E-state index contributed by atoms with van der Waals surface area (Å²) in [4.78, 5) is 24.6. The van der Waals surface area contributed by atoms with E-state index in [2.05, 4.69) is 10.6 Å². The zero-order valence-electron chi connectivity index (χ0n) is 13.7. The highest BCUT2D eigenvalue weighted by Gasteiger charge is 2.38. The summed E-state index contributed by atoms with van der Waals surface area (Å²) in [6.07, 6.45) is 6.07. The second kappa shape index (κ2) is 8.37. The molecule has 1 saturated carbocycles. The van der Waals surface area contributed by atoms with Gasteiger partial charge in [-0.1, -0.05) is 39.5 Å². The van der Waals surface area contributed by atoms with E-state index in [1.807, 2.05) is 13.8 Å². The molecular formula is C16H31N3O2. The van der Waals surface area contributed by atoms with Crippen LogP contribution in [0.25, 0.3) is 0 Å². The van der Waals surface area contributed by atoms with Crippen LogP contribution < -0.4 is 16.4 Å². The molecule has 4 N–H and O–H groups in total. The third kappa shape index (κ3) is 5.30. The Labute approximate surface area is 128 Å². The highest BCUT2D eigenvalue weighted by Crippen LogP contribution is 2.34. The maximum atomic E-state index is 12.6. The van der Waals surface area contributed by atoms with Crippen LogP contribution in [0.4, 0.5) is 0 Å². The average Bonchev–Trinajstić information content (AvgIpc) is 2.70. The number of carbonyl (C=O) groups excluding carboxylic acids is 2. The van der Waals surface area contributed by atoms with Crippen molar-refractivity contribution in [2.45, 2.75) is 65.3 Å².